The molecule has 0 aliphatic rings. The van der Waals surface area contributed by atoms with Crippen LogP contribution in [0.15, 0.2) is 53.7 Å². The molecule has 5 N–H and O–H groups in total. The first kappa shape index (κ1) is 15.1. The lowest BCUT2D eigenvalue weighted by Gasteiger charge is -2.08. The standard InChI is InChI=1S/C16H15N5OS/c17-13-8-14(18)21-16(20-13)23-9-15(22)19-12-7-3-5-10-4-1-2-6-11(10)12/h1-8H,9H2,(H,19,22)(H4,17,18,20,21). The van der Waals surface area contributed by atoms with E-state index < -0.39 is 0 Å². The van der Waals surface area contributed by atoms with Crippen molar-refractivity contribution >= 4 is 45.8 Å². The summed E-state index contributed by atoms with van der Waals surface area (Å²) in [5, 5.41) is 5.36. The van der Waals surface area contributed by atoms with E-state index in [1.807, 2.05) is 42.5 Å². The Kier molecular flexibility index (Phi) is 4.29. The van der Waals surface area contributed by atoms with Crippen molar-refractivity contribution in [2.45, 2.75) is 5.16 Å². The minimum atomic E-state index is -0.143. The van der Waals surface area contributed by atoms with E-state index in [4.69, 9.17) is 11.5 Å². The van der Waals surface area contributed by atoms with E-state index in [1.165, 1.54) is 17.8 Å². The zero-order valence-corrected chi connectivity index (χ0v) is 13.0. The molecule has 3 aromatic rings. The number of nitrogens with zero attached hydrogens (tertiary/aromatic N) is 2. The second-order valence-corrected chi connectivity index (χ2v) is 5.81. The summed E-state index contributed by atoms with van der Waals surface area (Å²) in [7, 11) is 0. The van der Waals surface area contributed by atoms with Gasteiger partial charge in [0.1, 0.15) is 11.6 Å². The summed E-state index contributed by atoms with van der Waals surface area (Å²) >= 11 is 1.19. The fourth-order valence-corrected chi connectivity index (χ4v) is 2.85. The third-order valence-electron chi connectivity index (χ3n) is 3.14. The SMILES string of the molecule is Nc1cc(N)nc(SCC(=O)Nc2cccc3ccccc23)n1. The van der Waals surface area contributed by atoms with Gasteiger partial charge in [-0.2, -0.15) is 0 Å². The molecule has 0 aliphatic heterocycles. The predicted octanol–water partition coefficient (Wildman–Crippen LogP) is 2.53. The zero-order valence-electron chi connectivity index (χ0n) is 12.2. The minimum Gasteiger partial charge on any atom is -0.383 e. The highest BCUT2D eigenvalue weighted by Crippen LogP contribution is 2.23. The van der Waals surface area contributed by atoms with E-state index in [9.17, 15) is 4.79 Å². The second-order valence-electron chi connectivity index (χ2n) is 4.86. The normalized spacial score (nSPS) is 10.6. The van der Waals surface area contributed by atoms with Gasteiger partial charge in [0.2, 0.25) is 5.91 Å². The van der Waals surface area contributed by atoms with Gasteiger partial charge in [-0.15, -0.1) is 0 Å². The third kappa shape index (κ3) is 3.70. The smallest absolute Gasteiger partial charge is 0.234 e. The van der Waals surface area contributed by atoms with Crippen LogP contribution in [0, 0.1) is 0 Å². The molecule has 3 rings (SSSR count). The van der Waals surface area contributed by atoms with Crippen molar-refractivity contribution in [3.8, 4) is 0 Å². The molecule has 2 aromatic carbocycles. The molecule has 1 aromatic heterocycles. The van der Waals surface area contributed by atoms with Gasteiger partial charge < -0.3 is 16.8 Å². The van der Waals surface area contributed by atoms with Gasteiger partial charge in [0.05, 0.1) is 5.75 Å². The number of thioether (sulfide) groups is 1. The van der Waals surface area contributed by atoms with Gasteiger partial charge in [-0.3, -0.25) is 4.79 Å². The van der Waals surface area contributed by atoms with Gasteiger partial charge in [-0.05, 0) is 11.5 Å². The maximum absolute atomic E-state index is 12.1. The number of benzene rings is 2. The summed E-state index contributed by atoms with van der Waals surface area (Å²) in [6.45, 7) is 0. The van der Waals surface area contributed by atoms with Crippen LogP contribution in [-0.2, 0) is 4.79 Å². The molecule has 0 saturated heterocycles. The molecule has 0 radical (unpaired) electrons. The Hall–Kier alpha value is -2.80. The van der Waals surface area contributed by atoms with Gasteiger partial charge in [0.25, 0.3) is 0 Å². The molecule has 0 bridgehead atoms. The van der Waals surface area contributed by atoms with Crippen LogP contribution in [0.25, 0.3) is 10.8 Å². The first-order valence-electron chi connectivity index (χ1n) is 6.92. The van der Waals surface area contributed by atoms with Crippen molar-refractivity contribution in [2.75, 3.05) is 22.5 Å². The van der Waals surface area contributed by atoms with E-state index in [2.05, 4.69) is 15.3 Å². The molecule has 1 heterocycles. The van der Waals surface area contributed by atoms with Crippen molar-refractivity contribution < 1.29 is 4.79 Å². The molecule has 116 valence electrons. The molecule has 0 unspecified atom stereocenters. The van der Waals surface area contributed by atoms with E-state index >= 15 is 0 Å². The van der Waals surface area contributed by atoms with Crippen molar-refractivity contribution in [2.24, 2.45) is 0 Å². The first-order valence-corrected chi connectivity index (χ1v) is 7.91. The van der Waals surface area contributed by atoms with Gasteiger partial charge in [0.15, 0.2) is 5.16 Å². The van der Waals surface area contributed by atoms with Gasteiger partial charge >= 0.3 is 0 Å². The highest BCUT2D eigenvalue weighted by atomic mass is 32.2. The van der Waals surface area contributed by atoms with E-state index in [-0.39, 0.29) is 23.3 Å². The Morgan fingerprint density at radius 3 is 2.52 bits per heavy atom. The zero-order chi connectivity index (χ0) is 16.2. The average Bonchev–Trinajstić information content (AvgIpc) is 2.52. The number of carbonyl (C=O) groups excluding carboxylic acids is 1. The van der Waals surface area contributed by atoms with Gasteiger partial charge in [-0.1, -0.05) is 48.2 Å². The number of amides is 1. The number of carbonyl (C=O) groups is 1. The van der Waals surface area contributed by atoms with Crippen LogP contribution >= 0.6 is 11.8 Å². The maximum atomic E-state index is 12.1. The number of nitrogens with two attached hydrogens (primary N) is 2. The van der Waals surface area contributed by atoms with Crippen LogP contribution < -0.4 is 16.8 Å². The quantitative estimate of drug-likeness (QED) is 0.502. The van der Waals surface area contributed by atoms with Crippen molar-refractivity contribution in [1.29, 1.82) is 0 Å². The number of nitrogen functional groups attached to an aromatic ring is 2. The van der Waals surface area contributed by atoms with Crippen LogP contribution in [-0.4, -0.2) is 21.6 Å². The van der Waals surface area contributed by atoms with Gasteiger partial charge in [-0.25, -0.2) is 9.97 Å². The summed E-state index contributed by atoms with van der Waals surface area (Å²) in [5.41, 5.74) is 12.0. The van der Waals surface area contributed by atoms with E-state index in [0.717, 1.165) is 16.5 Å². The highest BCUT2D eigenvalue weighted by Gasteiger charge is 2.08. The van der Waals surface area contributed by atoms with Gasteiger partial charge in [0, 0.05) is 17.1 Å². The second kappa shape index (κ2) is 6.53. The molecule has 0 fully saturated rings. The van der Waals surface area contributed by atoms with Crippen LogP contribution in [0.1, 0.15) is 0 Å². The summed E-state index contributed by atoms with van der Waals surface area (Å²) in [6.07, 6.45) is 0. The lowest BCUT2D eigenvalue weighted by Crippen LogP contribution is -2.14. The third-order valence-corrected chi connectivity index (χ3v) is 3.99. The molecule has 7 heteroatoms. The molecule has 0 saturated carbocycles. The summed E-state index contributed by atoms with van der Waals surface area (Å²) in [6, 6.07) is 15.1. The number of anilines is 3. The largest absolute Gasteiger partial charge is 0.383 e. The maximum Gasteiger partial charge on any atom is 0.234 e. The van der Waals surface area contributed by atoms with E-state index in [0.29, 0.717) is 5.16 Å². The van der Waals surface area contributed by atoms with Crippen LogP contribution in [0.5, 0.6) is 0 Å². The molecule has 1 amide bonds. The Morgan fingerprint density at radius 2 is 1.74 bits per heavy atom. The Labute approximate surface area is 137 Å². The topological polar surface area (TPSA) is 107 Å². The lowest BCUT2D eigenvalue weighted by atomic mass is 10.1. The lowest BCUT2D eigenvalue weighted by molar-refractivity contribution is -0.113. The number of aromatic nitrogens is 2. The van der Waals surface area contributed by atoms with Crippen LogP contribution in [0.2, 0.25) is 0 Å². The molecule has 0 spiro atoms. The highest BCUT2D eigenvalue weighted by molar-refractivity contribution is 7.99. The average molecular weight is 325 g/mol. The molecule has 6 nitrogen and oxygen atoms in total. The Morgan fingerprint density at radius 1 is 1.04 bits per heavy atom. The van der Waals surface area contributed by atoms with E-state index in [1.54, 1.807) is 0 Å². The van der Waals surface area contributed by atoms with Crippen molar-refractivity contribution in [3.63, 3.8) is 0 Å². The number of fused-ring (bicyclic) bond motifs is 1. The molecule has 0 atom stereocenters. The Bertz CT molecular complexity index is 842. The monoisotopic (exact) mass is 325 g/mol. The first-order chi connectivity index (χ1) is 11.1. The molecule has 0 aliphatic carbocycles. The Balaban J connectivity index is 1.69. The number of rotatable bonds is 4. The summed E-state index contributed by atoms with van der Waals surface area (Å²) in [5.74, 6) is 0.603. The molecule has 23 heavy (non-hydrogen) atoms. The predicted molar refractivity (Wildman–Crippen MR) is 94.2 cm³/mol. The van der Waals surface area contributed by atoms with Crippen LogP contribution in [0.3, 0.4) is 0 Å². The summed E-state index contributed by atoms with van der Waals surface area (Å²) in [4.78, 5) is 20.2. The number of hydrogen-bond acceptors (Lipinski definition) is 6. The van der Waals surface area contributed by atoms with Crippen LogP contribution in [0.4, 0.5) is 17.3 Å². The summed E-state index contributed by atoms with van der Waals surface area (Å²) < 4.78 is 0. The number of nitrogens with one attached hydrogen (secondary N) is 1. The fourth-order valence-electron chi connectivity index (χ4n) is 2.18. The number of hydrogen-bond donors (Lipinski definition) is 3. The van der Waals surface area contributed by atoms with Crippen molar-refractivity contribution in [3.05, 3.63) is 48.5 Å². The van der Waals surface area contributed by atoms with Crippen molar-refractivity contribution in [1.82, 2.24) is 9.97 Å². The molecular formula is C16H15N5OS. The minimum absolute atomic E-state index is 0.143. The fraction of sp³-hybridized carbons (Fsp3) is 0.0625. The molecular weight excluding hydrogens is 310 g/mol.